The second-order valence-corrected chi connectivity index (χ2v) is 3.58. The summed E-state index contributed by atoms with van der Waals surface area (Å²) >= 11 is 0. The van der Waals surface area contributed by atoms with Crippen molar-refractivity contribution in [3.63, 3.8) is 0 Å². The minimum atomic E-state index is -0.365. The lowest BCUT2D eigenvalue weighted by molar-refractivity contribution is 0.0600. The summed E-state index contributed by atoms with van der Waals surface area (Å²) in [7, 11) is 1.34. The van der Waals surface area contributed by atoms with E-state index in [1.165, 1.54) is 7.11 Å². The Bertz CT molecular complexity index is 566. The number of hydrogen-bond donors (Lipinski definition) is 1. The number of ether oxygens (including phenoxy) is 1. The van der Waals surface area contributed by atoms with E-state index in [2.05, 4.69) is 9.72 Å². The molecule has 1 aromatic heterocycles. The van der Waals surface area contributed by atoms with Crippen LogP contribution in [0, 0.1) is 0 Å². The van der Waals surface area contributed by atoms with Crippen LogP contribution in [-0.4, -0.2) is 22.6 Å². The third kappa shape index (κ3) is 2.44. The molecular formula is C12H12N2O3. The van der Waals surface area contributed by atoms with Crippen LogP contribution in [0.15, 0.2) is 41.5 Å². The number of nitrogens with one attached hydrogen (secondary N) is 1. The highest BCUT2D eigenvalue weighted by Crippen LogP contribution is 2.06. The molecule has 0 saturated carbocycles. The first-order chi connectivity index (χ1) is 8.20. The number of imidazole rings is 1. The third-order valence-electron chi connectivity index (χ3n) is 2.45. The van der Waals surface area contributed by atoms with E-state index in [0.29, 0.717) is 12.1 Å². The Labute approximate surface area is 97.7 Å². The normalized spacial score (nSPS) is 10.2. The van der Waals surface area contributed by atoms with Crippen LogP contribution in [0.4, 0.5) is 0 Å². The molecule has 5 nitrogen and oxygen atoms in total. The van der Waals surface area contributed by atoms with E-state index < -0.39 is 0 Å². The number of rotatable bonds is 3. The summed E-state index contributed by atoms with van der Waals surface area (Å²) in [5.74, 6) is -0.365. The molecule has 0 amide bonds. The van der Waals surface area contributed by atoms with Gasteiger partial charge in [0.05, 0.1) is 19.2 Å². The molecular weight excluding hydrogens is 220 g/mol. The molecule has 2 rings (SSSR count). The monoisotopic (exact) mass is 232 g/mol. The largest absolute Gasteiger partial charge is 0.465 e. The smallest absolute Gasteiger partial charge is 0.337 e. The minimum absolute atomic E-state index is 0.151. The number of methoxy groups -OCH3 is 1. The van der Waals surface area contributed by atoms with Gasteiger partial charge in [-0.15, -0.1) is 0 Å². The Balaban J connectivity index is 2.16. The predicted molar refractivity (Wildman–Crippen MR) is 61.9 cm³/mol. The number of nitrogens with zero attached hydrogens (tertiary/aromatic N) is 1. The van der Waals surface area contributed by atoms with E-state index in [1.807, 2.05) is 0 Å². The fourth-order valence-corrected chi connectivity index (χ4v) is 1.53. The van der Waals surface area contributed by atoms with Crippen molar-refractivity contribution in [1.29, 1.82) is 0 Å². The SMILES string of the molecule is COC(=O)c1ccc(Cn2cc[nH]c2=O)cc1. The predicted octanol–water partition coefficient (Wildman–Crippen LogP) is 1.01. The van der Waals surface area contributed by atoms with E-state index in [-0.39, 0.29) is 11.7 Å². The molecule has 0 saturated heterocycles. The summed E-state index contributed by atoms with van der Waals surface area (Å²) in [6.45, 7) is 0.476. The van der Waals surface area contributed by atoms with E-state index >= 15 is 0 Å². The molecule has 0 fully saturated rings. The Morgan fingerprint density at radius 1 is 1.35 bits per heavy atom. The summed E-state index contributed by atoms with van der Waals surface area (Å²) in [5.41, 5.74) is 1.29. The van der Waals surface area contributed by atoms with Crippen LogP contribution in [0.1, 0.15) is 15.9 Å². The summed E-state index contributed by atoms with van der Waals surface area (Å²) in [5, 5.41) is 0. The van der Waals surface area contributed by atoms with Gasteiger partial charge in [-0.2, -0.15) is 0 Å². The van der Waals surface area contributed by atoms with Crippen LogP contribution >= 0.6 is 0 Å². The number of carbonyl (C=O) groups excluding carboxylic acids is 1. The third-order valence-corrected chi connectivity index (χ3v) is 2.45. The van der Waals surface area contributed by atoms with Gasteiger partial charge < -0.3 is 9.72 Å². The van der Waals surface area contributed by atoms with Crippen molar-refractivity contribution in [1.82, 2.24) is 9.55 Å². The number of benzene rings is 1. The molecule has 0 radical (unpaired) electrons. The summed E-state index contributed by atoms with van der Waals surface area (Å²) in [4.78, 5) is 25.1. The number of hydrogen-bond acceptors (Lipinski definition) is 3. The lowest BCUT2D eigenvalue weighted by Crippen LogP contribution is -2.16. The van der Waals surface area contributed by atoms with Gasteiger partial charge in [-0.25, -0.2) is 9.59 Å². The van der Waals surface area contributed by atoms with E-state index in [9.17, 15) is 9.59 Å². The Morgan fingerprint density at radius 3 is 2.59 bits per heavy atom. The van der Waals surface area contributed by atoms with Gasteiger partial charge in [0.15, 0.2) is 0 Å². The quantitative estimate of drug-likeness (QED) is 0.803. The van der Waals surface area contributed by atoms with Gasteiger partial charge in [-0.05, 0) is 17.7 Å². The van der Waals surface area contributed by atoms with Gasteiger partial charge in [0.1, 0.15) is 0 Å². The molecule has 0 unspecified atom stereocenters. The number of esters is 1. The van der Waals surface area contributed by atoms with Crippen molar-refractivity contribution in [2.45, 2.75) is 6.54 Å². The molecule has 1 aromatic carbocycles. The summed E-state index contributed by atoms with van der Waals surface area (Å²) in [6.07, 6.45) is 3.27. The molecule has 1 heterocycles. The van der Waals surface area contributed by atoms with E-state index in [4.69, 9.17) is 0 Å². The van der Waals surface area contributed by atoms with Crippen LogP contribution in [0.25, 0.3) is 0 Å². The number of H-pyrrole nitrogens is 1. The zero-order valence-electron chi connectivity index (χ0n) is 9.34. The maximum absolute atomic E-state index is 11.3. The molecule has 0 spiro atoms. The van der Waals surface area contributed by atoms with Gasteiger partial charge in [0, 0.05) is 12.4 Å². The van der Waals surface area contributed by atoms with Crippen LogP contribution in [0.3, 0.4) is 0 Å². The molecule has 0 aliphatic heterocycles. The first-order valence-corrected chi connectivity index (χ1v) is 5.12. The number of aromatic nitrogens is 2. The maximum Gasteiger partial charge on any atom is 0.337 e. The highest BCUT2D eigenvalue weighted by atomic mass is 16.5. The highest BCUT2D eigenvalue weighted by Gasteiger charge is 2.04. The maximum atomic E-state index is 11.3. The van der Waals surface area contributed by atoms with Gasteiger partial charge >= 0.3 is 11.7 Å². The van der Waals surface area contributed by atoms with Crippen molar-refractivity contribution < 1.29 is 9.53 Å². The second-order valence-electron chi connectivity index (χ2n) is 3.58. The van der Waals surface area contributed by atoms with Gasteiger partial charge in [-0.1, -0.05) is 12.1 Å². The van der Waals surface area contributed by atoms with E-state index in [0.717, 1.165) is 5.56 Å². The topological polar surface area (TPSA) is 64.1 Å². The lowest BCUT2D eigenvalue weighted by atomic mass is 10.1. The molecule has 0 aliphatic carbocycles. The van der Waals surface area contributed by atoms with Crippen LogP contribution in [0.2, 0.25) is 0 Å². The average Bonchev–Trinajstić information content (AvgIpc) is 2.75. The van der Waals surface area contributed by atoms with Crippen LogP contribution in [0.5, 0.6) is 0 Å². The summed E-state index contributed by atoms with van der Waals surface area (Å²) in [6, 6.07) is 6.95. The fourth-order valence-electron chi connectivity index (χ4n) is 1.53. The van der Waals surface area contributed by atoms with Crippen LogP contribution < -0.4 is 5.69 Å². The summed E-state index contributed by atoms with van der Waals surface area (Å²) < 4.78 is 6.15. The van der Waals surface area contributed by atoms with Crippen molar-refractivity contribution in [2.75, 3.05) is 7.11 Å². The highest BCUT2D eigenvalue weighted by molar-refractivity contribution is 5.89. The van der Waals surface area contributed by atoms with Crippen molar-refractivity contribution in [3.05, 3.63) is 58.3 Å². The van der Waals surface area contributed by atoms with Crippen LogP contribution in [-0.2, 0) is 11.3 Å². The second kappa shape index (κ2) is 4.69. The zero-order valence-corrected chi connectivity index (χ0v) is 9.34. The van der Waals surface area contributed by atoms with Gasteiger partial charge in [0.2, 0.25) is 0 Å². The van der Waals surface area contributed by atoms with E-state index in [1.54, 1.807) is 41.2 Å². The van der Waals surface area contributed by atoms with Crippen molar-refractivity contribution in [3.8, 4) is 0 Å². The molecule has 5 heteroatoms. The number of carbonyl (C=O) groups is 1. The lowest BCUT2D eigenvalue weighted by Gasteiger charge is -2.03. The standard InChI is InChI=1S/C12H12N2O3/c1-17-11(15)10-4-2-9(3-5-10)8-14-7-6-13-12(14)16/h2-7H,8H2,1H3,(H,13,16). The Hall–Kier alpha value is -2.30. The average molecular weight is 232 g/mol. The molecule has 17 heavy (non-hydrogen) atoms. The Kier molecular flexibility index (Phi) is 3.09. The van der Waals surface area contributed by atoms with Gasteiger partial charge in [-0.3, -0.25) is 4.57 Å². The Morgan fingerprint density at radius 2 is 2.06 bits per heavy atom. The number of aromatic amines is 1. The first-order valence-electron chi connectivity index (χ1n) is 5.12. The zero-order chi connectivity index (χ0) is 12.3. The first kappa shape index (κ1) is 11.2. The minimum Gasteiger partial charge on any atom is -0.465 e. The molecule has 2 aromatic rings. The van der Waals surface area contributed by atoms with Gasteiger partial charge in [0.25, 0.3) is 0 Å². The molecule has 1 N–H and O–H groups in total. The van der Waals surface area contributed by atoms with Crippen molar-refractivity contribution in [2.24, 2.45) is 0 Å². The van der Waals surface area contributed by atoms with Crippen molar-refractivity contribution >= 4 is 5.97 Å². The molecule has 88 valence electrons. The molecule has 0 bridgehead atoms. The fraction of sp³-hybridized carbons (Fsp3) is 0.167. The molecule has 0 atom stereocenters. The molecule has 0 aliphatic rings.